The predicted molar refractivity (Wildman–Crippen MR) is 74.0 cm³/mol. The smallest absolute Gasteiger partial charge is 0.258 e. The third kappa shape index (κ3) is 3.24. The Balaban J connectivity index is 1.49. The van der Waals surface area contributed by atoms with Crippen molar-refractivity contribution in [2.75, 3.05) is 6.61 Å². The lowest BCUT2D eigenvalue weighted by molar-refractivity contribution is -0.124. The molecule has 112 valence electrons. The van der Waals surface area contributed by atoms with Gasteiger partial charge in [-0.25, -0.2) is 4.98 Å². The number of ether oxygens (including phenoxy) is 1. The fraction of sp³-hybridized carbons (Fsp3) is 0.500. The van der Waals surface area contributed by atoms with Crippen molar-refractivity contribution >= 4 is 5.91 Å². The molecule has 3 rings (SSSR count). The molecule has 1 N–H and O–H groups in total. The molecule has 0 radical (unpaired) electrons. The first-order valence-electron chi connectivity index (χ1n) is 6.98. The van der Waals surface area contributed by atoms with E-state index >= 15 is 0 Å². The van der Waals surface area contributed by atoms with E-state index in [9.17, 15) is 4.79 Å². The van der Waals surface area contributed by atoms with Crippen molar-refractivity contribution in [1.29, 1.82) is 0 Å². The van der Waals surface area contributed by atoms with Gasteiger partial charge in [-0.1, -0.05) is 0 Å². The Kier molecular flexibility index (Phi) is 3.64. The van der Waals surface area contributed by atoms with Gasteiger partial charge in [0.15, 0.2) is 6.61 Å². The Bertz CT molecular complexity index is 646. The standard InChI is InChI=1S/C14H18N4O3/c1-9-6-18-7-11(3-4-12(18)15-9)16-13(19)8-20-14-5-10(2)21-17-14/h5-6,11H,3-4,7-8H2,1-2H3,(H,16,19)/t11-/m0/s1. The van der Waals surface area contributed by atoms with Crippen LogP contribution >= 0.6 is 0 Å². The zero-order valence-corrected chi connectivity index (χ0v) is 12.1. The van der Waals surface area contributed by atoms with Crippen LogP contribution in [0.2, 0.25) is 0 Å². The summed E-state index contributed by atoms with van der Waals surface area (Å²) in [6.07, 6.45) is 3.79. The highest BCUT2D eigenvalue weighted by Gasteiger charge is 2.21. The minimum atomic E-state index is -0.152. The van der Waals surface area contributed by atoms with E-state index in [1.807, 2.05) is 13.1 Å². The number of hydrogen-bond acceptors (Lipinski definition) is 5. The third-order valence-corrected chi connectivity index (χ3v) is 3.44. The fourth-order valence-corrected chi connectivity index (χ4v) is 2.52. The molecule has 1 amide bonds. The molecule has 0 spiro atoms. The summed E-state index contributed by atoms with van der Waals surface area (Å²) < 4.78 is 12.2. The molecule has 0 unspecified atom stereocenters. The zero-order chi connectivity index (χ0) is 14.8. The molecule has 0 aliphatic carbocycles. The number of aryl methyl sites for hydroxylation is 3. The summed E-state index contributed by atoms with van der Waals surface area (Å²) in [5.74, 6) is 1.92. The molecule has 2 aromatic rings. The second kappa shape index (κ2) is 5.59. The summed E-state index contributed by atoms with van der Waals surface area (Å²) in [5, 5.41) is 6.65. The number of fused-ring (bicyclic) bond motifs is 1. The summed E-state index contributed by atoms with van der Waals surface area (Å²) in [6, 6.07) is 1.76. The monoisotopic (exact) mass is 290 g/mol. The summed E-state index contributed by atoms with van der Waals surface area (Å²) >= 11 is 0. The molecule has 21 heavy (non-hydrogen) atoms. The molecule has 7 nitrogen and oxygen atoms in total. The molecule has 0 fully saturated rings. The van der Waals surface area contributed by atoms with Gasteiger partial charge in [-0.3, -0.25) is 4.79 Å². The number of aromatic nitrogens is 3. The Morgan fingerprint density at radius 2 is 2.43 bits per heavy atom. The molecule has 7 heteroatoms. The van der Waals surface area contributed by atoms with E-state index in [-0.39, 0.29) is 18.6 Å². The van der Waals surface area contributed by atoms with Crippen LogP contribution in [0.4, 0.5) is 0 Å². The topological polar surface area (TPSA) is 82.2 Å². The number of amides is 1. The molecule has 1 atom stereocenters. The highest BCUT2D eigenvalue weighted by molar-refractivity contribution is 5.77. The molecule has 0 saturated carbocycles. The first-order valence-corrected chi connectivity index (χ1v) is 6.98. The van der Waals surface area contributed by atoms with Crippen molar-refractivity contribution < 1.29 is 14.1 Å². The summed E-state index contributed by atoms with van der Waals surface area (Å²) in [5.41, 5.74) is 1.02. The van der Waals surface area contributed by atoms with Crippen LogP contribution in [0.25, 0.3) is 0 Å². The van der Waals surface area contributed by atoms with E-state index in [0.717, 1.165) is 30.9 Å². The van der Waals surface area contributed by atoms with Gasteiger partial charge >= 0.3 is 0 Å². The fourth-order valence-electron chi connectivity index (χ4n) is 2.52. The molecule has 2 aromatic heterocycles. The normalized spacial score (nSPS) is 17.3. The summed E-state index contributed by atoms with van der Waals surface area (Å²) in [6.45, 7) is 4.45. The van der Waals surface area contributed by atoms with Crippen LogP contribution in [0, 0.1) is 13.8 Å². The first kappa shape index (κ1) is 13.7. The highest BCUT2D eigenvalue weighted by Crippen LogP contribution is 2.15. The maximum atomic E-state index is 11.9. The Morgan fingerprint density at radius 1 is 1.57 bits per heavy atom. The van der Waals surface area contributed by atoms with Crippen LogP contribution in [0.15, 0.2) is 16.8 Å². The summed E-state index contributed by atoms with van der Waals surface area (Å²) in [7, 11) is 0. The summed E-state index contributed by atoms with van der Waals surface area (Å²) in [4.78, 5) is 16.3. The largest absolute Gasteiger partial charge is 0.465 e. The SMILES string of the molecule is Cc1cn2c(n1)CC[C@H](NC(=O)COc1cc(C)on1)C2. The van der Waals surface area contributed by atoms with Gasteiger partial charge in [-0.15, -0.1) is 0 Å². The lowest BCUT2D eigenvalue weighted by Crippen LogP contribution is -2.42. The molecular formula is C14H18N4O3. The van der Waals surface area contributed by atoms with E-state index < -0.39 is 0 Å². The number of nitrogens with zero attached hydrogens (tertiary/aromatic N) is 3. The van der Waals surface area contributed by atoms with E-state index in [4.69, 9.17) is 9.26 Å². The highest BCUT2D eigenvalue weighted by atomic mass is 16.5. The van der Waals surface area contributed by atoms with Gasteiger partial charge in [-0.2, -0.15) is 0 Å². The Labute approximate surface area is 122 Å². The molecule has 0 bridgehead atoms. The average Bonchev–Trinajstić information content (AvgIpc) is 3.01. The van der Waals surface area contributed by atoms with E-state index in [0.29, 0.717) is 11.6 Å². The van der Waals surface area contributed by atoms with Crippen LogP contribution in [0.3, 0.4) is 0 Å². The van der Waals surface area contributed by atoms with Crippen LogP contribution in [0.1, 0.15) is 23.7 Å². The Hall–Kier alpha value is -2.31. The molecular weight excluding hydrogens is 272 g/mol. The predicted octanol–water partition coefficient (Wildman–Crippen LogP) is 0.998. The zero-order valence-electron chi connectivity index (χ0n) is 12.1. The number of imidazole rings is 1. The van der Waals surface area contributed by atoms with Gasteiger partial charge < -0.3 is 19.1 Å². The molecule has 3 heterocycles. The van der Waals surface area contributed by atoms with Crippen LogP contribution in [0.5, 0.6) is 5.88 Å². The Morgan fingerprint density at radius 3 is 3.19 bits per heavy atom. The van der Waals surface area contributed by atoms with Gasteiger partial charge in [-0.05, 0) is 25.4 Å². The van der Waals surface area contributed by atoms with E-state index in [2.05, 4.69) is 20.0 Å². The van der Waals surface area contributed by atoms with Crippen LogP contribution in [-0.2, 0) is 17.8 Å². The lowest BCUT2D eigenvalue weighted by Gasteiger charge is -2.24. The van der Waals surface area contributed by atoms with Crippen molar-refractivity contribution in [2.24, 2.45) is 0 Å². The van der Waals surface area contributed by atoms with Crippen molar-refractivity contribution in [3.63, 3.8) is 0 Å². The quantitative estimate of drug-likeness (QED) is 0.908. The number of rotatable bonds is 4. The first-order chi connectivity index (χ1) is 10.1. The van der Waals surface area contributed by atoms with Crippen molar-refractivity contribution in [1.82, 2.24) is 20.0 Å². The molecule has 0 saturated heterocycles. The maximum absolute atomic E-state index is 11.9. The lowest BCUT2D eigenvalue weighted by atomic mass is 10.1. The van der Waals surface area contributed by atoms with E-state index in [1.165, 1.54) is 0 Å². The molecule has 0 aromatic carbocycles. The van der Waals surface area contributed by atoms with Gasteiger partial charge in [0.25, 0.3) is 11.8 Å². The van der Waals surface area contributed by atoms with Gasteiger partial charge in [0.2, 0.25) is 0 Å². The van der Waals surface area contributed by atoms with Crippen molar-refractivity contribution in [2.45, 2.75) is 39.3 Å². The maximum Gasteiger partial charge on any atom is 0.258 e. The number of carbonyl (C=O) groups excluding carboxylic acids is 1. The molecule has 1 aliphatic rings. The third-order valence-electron chi connectivity index (χ3n) is 3.44. The van der Waals surface area contributed by atoms with Gasteiger partial charge in [0.05, 0.1) is 5.69 Å². The average molecular weight is 290 g/mol. The number of carbonyl (C=O) groups is 1. The van der Waals surface area contributed by atoms with Gasteiger partial charge in [0, 0.05) is 31.3 Å². The van der Waals surface area contributed by atoms with Crippen molar-refractivity contribution in [3.8, 4) is 5.88 Å². The second-order valence-corrected chi connectivity index (χ2v) is 5.32. The minimum Gasteiger partial charge on any atom is -0.465 e. The number of nitrogens with one attached hydrogen (secondary N) is 1. The van der Waals surface area contributed by atoms with Gasteiger partial charge in [0.1, 0.15) is 11.6 Å². The second-order valence-electron chi connectivity index (χ2n) is 5.32. The van der Waals surface area contributed by atoms with E-state index in [1.54, 1.807) is 13.0 Å². The van der Waals surface area contributed by atoms with Crippen molar-refractivity contribution in [3.05, 3.63) is 29.5 Å². The minimum absolute atomic E-state index is 0.0573. The van der Waals surface area contributed by atoms with Crippen LogP contribution in [-0.4, -0.2) is 33.3 Å². The molecule has 1 aliphatic heterocycles. The number of hydrogen-bond donors (Lipinski definition) is 1. The van der Waals surface area contributed by atoms with Crippen LogP contribution < -0.4 is 10.1 Å².